The summed E-state index contributed by atoms with van der Waals surface area (Å²) in [5.41, 5.74) is 6.91. The third-order valence-corrected chi connectivity index (χ3v) is 5.45. The highest BCUT2D eigenvalue weighted by molar-refractivity contribution is 9.10. The van der Waals surface area contributed by atoms with Gasteiger partial charge in [-0.2, -0.15) is 5.10 Å². The number of aliphatic imine (C=N–C) groups is 2. The van der Waals surface area contributed by atoms with Crippen LogP contribution in [0.25, 0.3) is 16.9 Å². The molecule has 1 atom stereocenters. The number of nitrogens with one attached hydrogen (secondary N) is 1. The minimum atomic E-state index is -0.775. The molecule has 1 aliphatic heterocycles. The van der Waals surface area contributed by atoms with Gasteiger partial charge in [0.25, 0.3) is 5.69 Å². The molecule has 0 saturated carbocycles. The van der Waals surface area contributed by atoms with Gasteiger partial charge in [-0.3, -0.25) is 25.5 Å². The largest absolute Gasteiger partial charge is 0.370 e. The van der Waals surface area contributed by atoms with Gasteiger partial charge in [-0.05, 0) is 18.2 Å². The van der Waals surface area contributed by atoms with Crippen molar-refractivity contribution >= 4 is 39.2 Å². The Labute approximate surface area is 201 Å². The van der Waals surface area contributed by atoms with Crippen LogP contribution in [0.1, 0.15) is 11.7 Å². The molecule has 3 aromatic rings. The summed E-state index contributed by atoms with van der Waals surface area (Å²) in [5.74, 6) is 0.632. The first-order chi connectivity index (χ1) is 16.1. The fraction of sp³-hybridized carbons (Fsp3) is 0.150. The first kappa shape index (κ1) is 22.8. The van der Waals surface area contributed by atoms with E-state index in [1.807, 2.05) is 24.3 Å². The van der Waals surface area contributed by atoms with E-state index < -0.39 is 27.4 Å². The number of nitro groups is 2. The molecule has 0 radical (unpaired) electrons. The van der Waals surface area contributed by atoms with E-state index in [9.17, 15) is 20.2 Å². The van der Waals surface area contributed by atoms with E-state index in [0.717, 1.165) is 16.1 Å². The first-order valence-electron chi connectivity index (χ1n) is 9.78. The second-order valence-corrected chi connectivity index (χ2v) is 8.35. The molecule has 0 aliphatic carbocycles. The van der Waals surface area contributed by atoms with Crippen LogP contribution in [0.4, 0.5) is 11.4 Å². The van der Waals surface area contributed by atoms with Crippen LogP contribution >= 0.6 is 15.9 Å². The molecule has 0 saturated heterocycles. The van der Waals surface area contributed by atoms with E-state index in [2.05, 4.69) is 36.3 Å². The molecular weight excluding hydrogens is 510 g/mol. The summed E-state index contributed by atoms with van der Waals surface area (Å²) < 4.78 is 2.16. The van der Waals surface area contributed by atoms with Crippen LogP contribution in [0.5, 0.6) is 0 Å². The third kappa shape index (κ3) is 4.43. The molecule has 0 fully saturated rings. The highest BCUT2D eigenvalue weighted by atomic mass is 79.9. The van der Waals surface area contributed by atoms with Crippen molar-refractivity contribution in [2.45, 2.75) is 6.17 Å². The number of rotatable bonds is 5. The molecular formula is C20H18BrN9O4. The Morgan fingerprint density at radius 1 is 1.09 bits per heavy atom. The van der Waals surface area contributed by atoms with Crippen molar-refractivity contribution in [3.63, 3.8) is 0 Å². The number of nitro benzene ring substituents is 2. The predicted molar refractivity (Wildman–Crippen MR) is 129 cm³/mol. The van der Waals surface area contributed by atoms with Gasteiger partial charge in [0.2, 0.25) is 5.96 Å². The fourth-order valence-corrected chi connectivity index (χ4v) is 3.58. The van der Waals surface area contributed by atoms with E-state index in [1.165, 1.54) is 16.8 Å². The van der Waals surface area contributed by atoms with Crippen LogP contribution < -0.4 is 11.1 Å². The maximum Gasteiger partial charge on any atom is 0.301 e. The van der Waals surface area contributed by atoms with Crippen LogP contribution in [0.15, 0.2) is 63.1 Å². The van der Waals surface area contributed by atoms with Crippen LogP contribution in [0.2, 0.25) is 0 Å². The van der Waals surface area contributed by atoms with Crippen molar-refractivity contribution in [3.8, 4) is 16.9 Å². The molecule has 0 amide bonds. The monoisotopic (exact) mass is 527 g/mol. The lowest BCUT2D eigenvalue weighted by Gasteiger charge is -2.23. The van der Waals surface area contributed by atoms with E-state index in [1.54, 1.807) is 25.2 Å². The molecule has 34 heavy (non-hydrogen) atoms. The van der Waals surface area contributed by atoms with Crippen molar-refractivity contribution in [2.24, 2.45) is 15.7 Å². The Kier molecular flexibility index (Phi) is 5.98. The standard InChI is InChI=1S/C20H18BrN9O4/c1-27(2)20-24-18(23-19(22)25-20)14-10-28(26-17(14)11-3-5-12(21)6-4-11)15-8-7-13(29(31)32)9-16(15)30(33)34/h3-10,18H,1-2H3,(H3,22,23,24,25). The normalized spacial score (nSPS) is 15.2. The zero-order valence-electron chi connectivity index (χ0n) is 17.9. The Hall–Kier alpha value is -4.33. The summed E-state index contributed by atoms with van der Waals surface area (Å²) >= 11 is 3.40. The summed E-state index contributed by atoms with van der Waals surface area (Å²) in [6, 6.07) is 10.7. The van der Waals surface area contributed by atoms with Crippen LogP contribution in [0.3, 0.4) is 0 Å². The van der Waals surface area contributed by atoms with Crippen LogP contribution in [0, 0.1) is 20.2 Å². The fourth-order valence-electron chi connectivity index (χ4n) is 3.32. The number of non-ortho nitro benzene ring substituents is 1. The number of nitrogens with two attached hydrogens (primary N) is 1. The maximum atomic E-state index is 11.7. The molecule has 1 aromatic heterocycles. The lowest BCUT2D eigenvalue weighted by atomic mass is 10.1. The third-order valence-electron chi connectivity index (χ3n) is 4.92. The van der Waals surface area contributed by atoms with Gasteiger partial charge in [-0.25, -0.2) is 14.7 Å². The summed E-state index contributed by atoms with van der Waals surface area (Å²) in [6.45, 7) is 0. The SMILES string of the molecule is CN(C)C1=NC(c2cn(-c3ccc([N+](=O)[O-])cc3[N+](=O)[O-])nc2-c2ccc(Br)cc2)N=C(N)N1. The zero-order valence-corrected chi connectivity index (χ0v) is 19.5. The van der Waals surface area contributed by atoms with Crippen molar-refractivity contribution in [2.75, 3.05) is 14.1 Å². The van der Waals surface area contributed by atoms with Crippen molar-refractivity contribution in [1.29, 1.82) is 0 Å². The topological polar surface area (TPSA) is 170 Å². The number of hydrogen-bond acceptors (Lipinski definition) is 10. The number of guanidine groups is 2. The molecule has 0 spiro atoms. The predicted octanol–water partition coefficient (Wildman–Crippen LogP) is 2.95. The smallest absolute Gasteiger partial charge is 0.301 e. The lowest BCUT2D eigenvalue weighted by molar-refractivity contribution is -0.394. The summed E-state index contributed by atoms with van der Waals surface area (Å²) in [5, 5.41) is 30.3. The van der Waals surface area contributed by atoms with Gasteiger partial charge in [0.05, 0.1) is 15.9 Å². The average Bonchev–Trinajstić information content (AvgIpc) is 3.24. The zero-order chi connectivity index (χ0) is 24.6. The number of nitrogens with zero attached hydrogens (tertiary/aromatic N) is 7. The Morgan fingerprint density at radius 3 is 2.41 bits per heavy atom. The van der Waals surface area contributed by atoms with E-state index >= 15 is 0 Å². The van der Waals surface area contributed by atoms with Gasteiger partial charge >= 0.3 is 5.69 Å². The Balaban J connectivity index is 1.92. The molecule has 2 heterocycles. The van der Waals surface area contributed by atoms with Crippen molar-refractivity contribution in [1.82, 2.24) is 20.0 Å². The van der Waals surface area contributed by atoms with Gasteiger partial charge in [0.15, 0.2) is 12.1 Å². The lowest BCUT2D eigenvalue weighted by Crippen LogP contribution is -2.46. The molecule has 4 rings (SSSR count). The van der Waals surface area contributed by atoms with E-state index in [-0.39, 0.29) is 11.6 Å². The van der Waals surface area contributed by atoms with Crippen LogP contribution in [-0.4, -0.2) is 50.5 Å². The number of hydrogen-bond donors (Lipinski definition) is 2. The van der Waals surface area contributed by atoms with Gasteiger partial charge in [0, 0.05) is 42.0 Å². The Morgan fingerprint density at radius 2 is 1.79 bits per heavy atom. The first-order valence-corrected chi connectivity index (χ1v) is 10.6. The average molecular weight is 528 g/mol. The second kappa shape index (κ2) is 8.90. The quantitative estimate of drug-likeness (QED) is 0.376. The summed E-state index contributed by atoms with van der Waals surface area (Å²) in [7, 11) is 3.58. The molecule has 174 valence electrons. The maximum absolute atomic E-state index is 11.7. The summed E-state index contributed by atoms with van der Waals surface area (Å²) in [6.07, 6.45) is 0.790. The number of aromatic nitrogens is 2. The highest BCUT2D eigenvalue weighted by Crippen LogP contribution is 2.35. The van der Waals surface area contributed by atoms with Crippen molar-refractivity contribution in [3.05, 3.63) is 78.9 Å². The molecule has 3 N–H and O–H groups in total. The number of halogens is 1. The van der Waals surface area contributed by atoms with Gasteiger partial charge in [0.1, 0.15) is 11.4 Å². The van der Waals surface area contributed by atoms with E-state index in [0.29, 0.717) is 17.2 Å². The molecule has 1 aliphatic rings. The second-order valence-electron chi connectivity index (χ2n) is 7.43. The molecule has 13 nitrogen and oxygen atoms in total. The summed E-state index contributed by atoms with van der Waals surface area (Å²) in [4.78, 5) is 32.1. The van der Waals surface area contributed by atoms with Gasteiger partial charge < -0.3 is 10.6 Å². The Bertz CT molecular complexity index is 1350. The molecule has 2 aromatic carbocycles. The van der Waals surface area contributed by atoms with Crippen LogP contribution in [-0.2, 0) is 0 Å². The minimum absolute atomic E-state index is 0.0583. The van der Waals surface area contributed by atoms with Gasteiger partial charge in [-0.15, -0.1) is 0 Å². The molecule has 1 unspecified atom stereocenters. The highest BCUT2D eigenvalue weighted by Gasteiger charge is 2.27. The minimum Gasteiger partial charge on any atom is -0.370 e. The molecule has 0 bridgehead atoms. The number of benzene rings is 2. The van der Waals surface area contributed by atoms with E-state index in [4.69, 9.17) is 5.73 Å². The van der Waals surface area contributed by atoms with Crippen molar-refractivity contribution < 1.29 is 9.85 Å². The molecule has 14 heteroatoms. The van der Waals surface area contributed by atoms with Gasteiger partial charge in [-0.1, -0.05) is 28.1 Å².